The van der Waals surface area contributed by atoms with Crippen molar-refractivity contribution in [1.29, 1.82) is 0 Å². The molecule has 1 rings (SSSR count). The molecule has 0 heterocycles. The van der Waals surface area contributed by atoms with Crippen LogP contribution in [0.15, 0.2) is 29.2 Å². The zero-order chi connectivity index (χ0) is 14.8. The Labute approximate surface area is 110 Å². The summed E-state index contributed by atoms with van der Waals surface area (Å²) in [6.45, 7) is 2.75. The summed E-state index contributed by atoms with van der Waals surface area (Å²) in [6.07, 6.45) is -4.51. The summed E-state index contributed by atoms with van der Waals surface area (Å²) in [6, 6.07) is 4.12. The van der Waals surface area contributed by atoms with E-state index in [1.165, 1.54) is 19.9 Å². The molecule has 1 atom stereocenters. The van der Waals surface area contributed by atoms with Crippen molar-refractivity contribution in [3.63, 3.8) is 0 Å². The quantitative estimate of drug-likeness (QED) is 0.929. The summed E-state index contributed by atoms with van der Waals surface area (Å²) in [5.74, 6) is -1.39. The van der Waals surface area contributed by atoms with Crippen LogP contribution >= 0.6 is 0 Å². The predicted octanol–water partition coefficient (Wildman–Crippen LogP) is 2.92. The van der Waals surface area contributed by atoms with Gasteiger partial charge in [-0.05, 0) is 32.0 Å². The van der Waals surface area contributed by atoms with Crippen molar-refractivity contribution in [3.05, 3.63) is 29.8 Å². The van der Waals surface area contributed by atoms with Gasteiger partial charge in [0.1, 0.15) is 0 Å². The highest BCUT2D eigenvalue weighted by atomic mass is 32.2. The minimum absolute atomic E-state index is 0.0239. The maximum Gasteiger partial charge on any atom is 0.416 e. The van der Waals surface area contributed by atoms with E-state index in [2.05, 4.69) is 0 Å². The van der Waals surface area contributed by atoms with Crippen LogP contribution in [0.3, 0.4) is 0 Å². The van der Waals surface area contributed by atoms with E-state index in [1.54, 1.807) is 0 Å². The summed E-state index contributed by atoms with van der Waals surface area (Å²) in [7, 11) is -1.80. The Morgan fingerprint density at radius 1 is 1.32 bits per heavy atom. The molecule has 0 aliphatic carbocycles. The van der Waals surface area contributed by atoms with Gasteiger partial charge in [-0.25, -0.2) is 0 Å². The second kappa shape index (κ2) is 5.32. The molecule has 3 nitrogen and oxygen atoms in total. The second-order valence-corrected chi connectivity index (χ2v) is 6.16. The number of hydrogen-bond acceptors (Lipinski definition) is 2. The maximum absolute atomic E-state index is 12.5. The largest absolute Gasteiger partial charge is 0.481 e. The molecular weight excluding hydrogens is 281 g/mol. The molecule has 106 valence electrons. The molecule has 0 aliphatic rings. The normalized spacial score (nSPS) is 14.2. The van der Waals surface area contributed by atoms with Gasteiger partial charge in [0.05, 0.1) is 21.8 Å². The molecule has 0 fully saturated rings. The van der Waals surface area contributed by atoms with Crippen molar-refractivity contribution in [2.45, 2.75) is 24.9 Å². The van der Waals surface area contributed by atoms with Crippen molar-refractivity contribution in [1.82, 2.24) is 0 Å². The molecule has 0 aliphatic heterocycles. The highest BCUT2D eigenvalue weighted by Crippen LogP contribution is 2.30. The molecule has 0 radical (unpaired) electrons. The van der Waals surface area contributed by atoms with E-state index in [0.717, 1.165) is 18.2 Å². The maximum atomic E-state index is 12.5. The van der Waals surface area contributed by atoms with Crippen molar-refractivity contribution >= 4 is 16.8 Å². The van der Waals surface area contributed by atoms with Crippen LogP contribution in [0.2, 0.25) is 0 Å². The first-order valence-electron chi connectivity index (χ1n) is 5.33. The molecule has 1 unspecified atom stereocenters. The Morgan fingerprint density at radius 2 is 1.89 bits per heavy atom. The summed E-state index contributed by atoms with van der Waals surface area (Å²) < 4.78 is 49.4. The minimum atomic E-state index is -4.51. The van der Waals surface area contributed by atoms with Gasteiger partial charge in [-0.2, -0.15) is 13.2 Å². The zero-order valence-electron chi connectivity index (χ0n) is 10.3. The van der Waals surface area contributed by atoms with Crippen LogP contribution in [0.4, 0.5) is 13.2 Å². The van der Waals surface area contributed by atoms with E-state index in [4.69, 9.17) is 5.11 Å². The van der Waals surface area contributed by atoms with Crippen LogP contribution in [0, 0.1) is 5.41 Å². The lowest BCUT2D eigenvalue weighted by Gasteiger charge is -2.18. The van der Waals surface area contributed by atoms with Gasteiger partial charge in [-0.3, -0.25) is 9.00 Å². The highest BCUT2D eigenvalue weighted by molar-refractivity contribution is 7.85. The van der Waals surface area contributed by atoms with Crippen molar-refractivity contribution in [2.75, 3.05) is 5.75 Å². The van der Waals surface area contributed by atoms with Gasteiger partial charge in [-0.15, -0.1) is 0 Å². The summed E-state index contributed by atoms with van der Waals surface area (Å²) >= 11 is 0. The average molecular weight is 294 g/mol. The van der Waals surface area contributed by atoms with Crippen molar-refractivity contribution in [3.8, 4) is 0 Å². The SMILES string of the molecule is CC(C)(CS(=O)c1cccc(C(F)(F)F)c1)C(=O)O. The first-order valence-corrected chi connectivity index (χ1v) is 6.65. The van der Waals surface area contributed by atoms with Crippen LogP contribution < -0.4 is 0 Å². The van der Waals surface area contributed by atoms with Crippen LogP contribution in [0.25, 0.3) is 0 Å². The molecule has 0 spiro atoms. The Balaban J connectivity index is 2.99. The van der Waals surface area contributed by atoms with E-state index in [1.807, 2.05) is 0 Å². The summed E-state index contributed by atoms with van der Waals surface area (Å²) in [4.78, 5) is 10.9. The Morgan fingerprint density at radius 3 is 2.37 bits per heavy atom. The number of rotatable bonds is 4. The van der Waals surface area contributed by atoms with Crippen LogP contribution in [0.5, 0.6) is 0 Å². The third-order valence-corrected chi connectivity index (χ3v) is 4.26. The lowest BCUT2D eigenvalue weighted by Crippen LogP contribution is -2.30. The molecule has 0 saturated carbocycles. The van der Waals surface area contributed by atoms with E-state index < -0.39 is 33.9 Å². The fraction of sp³-hybridized carbons (Fsp3) is 0.417. The van der Waals surface area contributed by atoms with Crippen LogP contribution in [0.1, 0.15) is 19.4 Å². The summed E-state index contributed by atoms with van der Waals surface area (Å²) in [5.41, 5.74) is -2.16. The molecular formula is C12H13F3O3S. The number of benzene rings is 1. The van der Waals surface area contributed by atoms with Gasteiger partial charge in [0, 0.05) is 10.6 Å². The van der Waals surface area contributed by atoms with Gasteiger partial charge in [0.25, 0.3) is 0 Å². The van der Waals surface area contributed by atoms with Gasteiger partial charge in [-0.1, -0.05) is 6.07 Å². The van der Waals surface area contributed by atoms with Crippen LogP contribution in [-0.4, -0.2) is 21.0 Å². The van der Waals surface area contributed by atoms with E-state index in [9.17, 15) is 22.2 Å². The average Bonchev–Trinajstić information content (AvgIpc) is 2.27. The standard InChI is InChI=1S/C12H13F3O3S/c1-11(2,10(16)17)7-19(18)9-5-3-4-8(6-9)12(13,14)15/h3-6H,7H2,1-2H3,(H,16,17). The number of carboxylic acids is 1. The summed E-state index contributed by atoms with van der Waals surface area (Å²) in [5, 5.41) is 8.91. The molecule has 1 aromatic carbocycles. The van der Waals surface area contributed by atoms with Gasteiger partial charge < -0.3 is 5.11 Å². The molecule has 0 aromatic heterocycles. The van der Waals surface area contributed by atoms with Crippen LogP contribution in [-0.2, 0) is 21.8 Å². The van der Waals surface area contributed by atoms with E-state index >= 15 is 0 Å². The van der Waals surface area contributed by atoms with Gasteiger partial charge >= 0.3 is 12.1 Å². The monoisotopic (exact) mass is 294 g/mol. The second-order valence-electron chi connectivity index (χ2n) is 4.70. The number of halogens is 3. The first-order chi connectivity index (χ1) is 8.54. The Bertz CT molecular complexity index is 509. The third kappa shape index (κ3) is 4.05. The fourth-order valence-electron chi connectivity index (χ4n) is 1.29. The lowest BCUT2D eigenvalue weighted by molar-refractivity contribution is -0.145. The van der Waals surface area contributed by atoms with E-state index in [0.29, 0.717) is 0 Å². The topological polar surface area (TPSA) is 54.4 Å². The molecule has 0 bridgehead atoms. The predicted molar refractivity (Wildman–Crippen MR) is 64.1 cm³/mol. The number of hydrogen-bond donors (Lipinski definition) is 1. The number of alkyl halides is 3. The molecule has 0 amide bonds. The zero-order valence-corrected chi connectivity index (χ0v) is 11.1. The molecule has 1 aromatic rings. The van der Waals surface area contributed by atoms with E-state index in [-0.39, 0.29) is 10.6 Å². The molecule has 19 heavy (non-hydrogen) atoms. The minimum Gasteiger partial charge on any atom is -0.481 e. The number of carboxylic acid groups (broad SMARTS) is 1. The van der Waals surface area contributed by atoms with Crippen molar-refractivity contribution < 1.29 is 27.3 Å². The van der Waals surface area contributed by atoms with Crippen molar-refractivity contribution in [2.24, 2.45) is 5.41 Å². The Kier molecular flexibility index (Phi) is 4.39. The van der Waals surface area contributed by atoms with Gasteiger partial charge in [0.2, 0.25) is 0 Å². The number of aliphatic carboxylic acids is 1. The number of carbonyl (C=O) groups is 1. The first kappa shape index (κ1) is 15.7. The molecule has 0 saturated heterocycles. The Hall–Kier alpha value is -1.37. The van der Waals surface area contributed by atoms with Gasteiger partial charge in [0.15, 0.2) is 0 Å². The lowest BCUT2D eigenvalue weighted by atomic mass is 9.97. The molecule has 7 heteroatoms. The fourth-order valence-corrected chi connectivity index (χ4v) is 2.72. The highest BCUT2D eigenvalue weighted by Gasteiger charge is 2.33. The molecule has 1 N–H and O–H groups in total. The smallest absolute Gasteiger partial charge is 0.416 e. The third-order valence-electron chi connectivity index (χ3n) is 2.50.